The van der Waals surface area contributed by atoms with E-state index in [1.54, 1.807) is 0 Å². The summed E-state index contributed by atoms with van der Waals surface area (Å²) in [5, 5.41) is 0. The maximum absolute atomic E-state index is 3.27. The zero-order valence-electron chi connectivity index (χ0n) is 3.13. The van der Waals surface area contributed by atoms with Crippen molar-refractivity contribution in [1.29, 1.82) is 0 Å². The van der Waals surface area contributed by atoms with Gasteiger partial charge in [0.1, 0.15) is 0 Å². The molecule has 0 aromatic carbocycles. The summed E-state index contributed by atoms with van der Waals surface area (Å²) in [6, 6.07) is 0. The van der Waals surface area contributed by atoms with Gasteiger partial charge in [0.2, 0.25) is 0 Å². The van der Waals surface area contributed by atoms with Crippen LogP contribution in [0.3, 0.4) is 0 Å². The topological polar surface area (TPSA) is 94.5 Å². The summed E-state index contributed by atoms with van der Waals surface area (Å²) < 4.78 is 0. The monoisotopic (exact) mass is 339 g/mol. The Hall–Kier alpha value is 2.03. The minimum absolute atomic E-state index is 0. The van der Waals surface area contributed by atoms with Crippen molar-refractivity contribution < 1.29 is 28.0 Å². The van der Waals surface area contributed by atoms with Crippen molar-refractivity contribution in [3.8, 4) is 0 Å². The Labute approximate surface area is 66.8 Å². The first-order valence-electron chi connectivity index (χ1n) is 0.567. The van der Waals surface area contributed by atoms with Crippen molar-refractivity contribution in [1.82, 2.24) is 0 Å². The Balaban J connectivity index is -0.0000000150. The molecule has 0 saturated carbocycles. The van der Waals surface area contributed by atoms with Crippen LogP contribution >= 0.6 is 39.5 Å². The van der Waals surface area contributed by atoms with E-state index in [1.807, 2.05) is 0 Å². The Bertz CT molecular complexity index is 14.9. The summed E-state index contributed by atoms with van der Waals surface area (Å²) in [4.78, 5) is 0. The van der Waals surface area contributed by atoms with Crippen LogP contribution in [0.4, 0.5) is 0 Å². The quantitative estimate of drug-likeness (QED) is 0.557. The molecule has 0 bridgehead atoms. The van der Waals surface area contributed by atoms with Gasteiger partial charge in [0, 0.05) is 0 Å². The van der Waals surface area contributed by atoms with E-state index in [1.165, 1.54) is 0 Å². The van der Waals surface area contributed by atoms with Gasteiger partial charge in [-0.2, -0.15) is 0 Å². The Morgan fingerprint density at radius 2 is 0.714 bits per heavy atom. The summed E-state index contributed by atoms with van der Waals surface area (Å²) in [7, 11) is 0. The predicted molar refractivity (Wildman–Crippen MR) is 37.6 cm³/mol. The summed E-state index contributed by atoms with van der Waals surface area (Å²) in [6.45, 7) is 0. The van der Waals surface area contributed by atoms with Crippen molar-refractivity contribution in [2.75, 3.05) is 0 Å². The Kier molecular flexibility index (Phi) is 51.6. The van der Waals surface area contributed by atoms with Gasteiger partial charge in [-0.05, 0) is 0 Å². The van der Waals surface area contributed by atoms with Gasteiger partial charge in [0.15, 0.2) is 0 Å². The molecule has 7 heteroatoms. The molecule has 0 unspecified atom stereocenters. The number of hydrogen-bond donors (Lipinski definition) is 0. The molecule has 0 saturated heterocycles. The number of halogens is 3. The van der Waals surface area contributed by atoms with E-state index in [-0.39, 0.29) is 16.4 Å². The van der Waals surface area contributed by atoms with Crippen molar-refractivity contribution in [2.45, 2.75) is 0 Å². The van der Waals surface area contributed by atoms with Crippen LogP contribution in [0.2, 0.25) is 0 Å². The van der Waals surface area contributed by atoms with Crippen LogP contribution in [-0.2, 0) is 11.6 Å². The standard InChI is InChI=1S/3BrH.3H2O.Ti/h3*1H;3*1H2;/q;;;;;;+3/p-3. The number of rotatable bonds is 0. The van der Waals surface area contributed by atoms with Crippen LogP contribution in [0.25, 0.3) is 0 Å². The SMILES string of the molecule is O.O.O.[Br][Ti]([Br])[Br]. The molecule has 0 fully saturated rings. The van der Waals surface area contributed by atoms with Crippen LogP contribution in [0, 0.1) is 0 Å². The molecule has 0 atom stereocenters. The molecule has 3 nitrogen and oxygen atoms in total. The molecule has 0 radical (unpaired) electrons. The fourth-order valence-corrected chi connectivity index (χ4v) is 0. The van der Waals surface area contributed by atoms with Crippen molar-refractivity contribution in [3.05, 3.63) is 0 Å². The van der Waals surface area contributed by atoms with Gasteiger partial charge in [-0.1, -0.05) is 0 Å². The van der Waals surface area contributed by atoms with Gasteiger partial charge in [-0.15, -0.1) is 0 Å². The molecule has 0 aromatic heterocycles. The van der Waals surface area contributed by atoms with Gasteiger partial charge in [0.25, 0.3) is 0 Å². The second-order valence-electron chi connectivity index (χ2n) is 0.214. The van der Waals surface area contributed by atoms with E-state index in [0.29, 0.717) is 0 Å². The fourth-order valence-electron chi connectivity index (χ4n) is 0. The van der Waals surface area contributed by atoms with Gasteiger partial charge in [-0.25, -0.2) is 0 Å². The zero-order chi connectivity index (χ0) is 3.58. The molecule has 0 aliphatic carbocycles. The second kappa shape index (κ2) is 15.7. The fraction of sp³-hybridized carbons (Fsp3) is 0. The van der Waals surface area contributed by atoms with Crippen molar-refractivity contribution >= 4 is 39.5 Å². The summed E-state index contributed by atoms with van der Waals surface area (Å²) in [5.41, 5.74) is 0. The second-order valence-corrected chi connectivity index (χ2v) is 23.9. The first-order valence-corrected chi connectivity index (χ1v) is 12.1. The third-order valence-electron chi connectivity index (χ3n) is 0. The molecule has 0 aromatic rings. The molecule has 0 aliphatic rings. The van der Waals surface area contributed by atoms with Crippen LogP contribution in [-0.4, -0.2) is 16.4 Å². The third kappa shape index (κ3) is 70.7. The first-order chi connectivity index (χ1) is 1.73. The average molecular weight is 342 g/mol. The van der Waals surface area contributed by atoms with Gasteiger partial charge in [-0.3, -0.25) is 0 Å². The van der Waals surface area contributed by atoms with Crippen molar-refractivity contribution in [2.24, 2.45) is 0 Å². The molecule has 49 valence electrons. The van der Waals surface area contributed by atoms with E-state index in [2.05, 4.69) is 39.5 Å². The van der Waals surface area contributed by atoms with Gasteiger partial charge < -0.3 is 16.4 Å². The normalized spacial score (nSPS) is 3.86. The molecule has 0 amide bonds. The van der Waals surface area contributed by atoms with E-state index in [4.69, 9.17) is 0 Å². The molecule has 0 rings (SSSR count). The maximum atomic E-state index is 3.27. The molecule has 6 N–H and O–H groups in total. The minimum atomic E-state index is -0.896. The van der Waals surface area contributed by atoms with Gasteiger partial charge >= 0.3 is 51.1 Å². The Morgan fingerprint density at radius 3 is 0.714 bits per heavy atom. The van der Waals surface area contributed by atoms with E-state index < -0.39 is 11.6 Å². The summed E-state index contributed by atoms with van der Waals surface area (Å²) >= 11 is 8.92. The van der Waals surface area contributed by atoms with E-state index >= 15 is 0 Å². The van der Waals surface area contributed by atoms with Crippen LogP contribution < -0.4 is 0 Å². The van der Waals surface area contributed by atoms with Crippen LogP contribution in [0.1, 0.15) is 0 Å². The van der Waals surface area contributed by atoms with Crippen LogP contribution in [0.15, 0.2) is 0 Å². The van der Waals surface area contributed by atoms with E-state index in [9.17, 15) is 0 Å². The molecule has 0 aliphatic heterocycles. The summed E-state index contributed by atoms with van der Waals surface area (Å²) in [5.74, 6) is 0. The average Bonchev–Trinajstić information content (AvgIpc) is 0.811. The summed E-state index contributed by atoms with van der Waals surface area (Å²) in [6.07, 6.45) is 0. The molecule has 7 heavy (non-hydrogen) atoms. The third-order valence-corrected chi connectivity index (χ3v) is 0. The number of hydrogen-bond acceptors (Lipinski definition) is 0. The van der Waals surface area contributed by atoms with Crippen LogP contribution in [0.5, 0.6) is 0 Å². The molecule has 0 heterocycles. The molecule has 0 spiro atoms. The van der Waals surface area contributed by atoms with Crippen molar-refractivity contribution in [3.63, 3.8) is 0 Å². The molecular weight excluding hydrogens is 336 g/mol. The predicted octanol–water partition coefficient (Wildman–Crippen LogP) is 0.0602. The van der Waals surface area contributed by atoms with E-state index in [0.717, 1.165) is 0 Å². The van der Waals surface area contributed by atoms with Gasteiger partial charge in [0.05, 0.1) is 0 Å². The first kappa shape index (κ1) is 23.0. The molecular formula is H6Br3O3Ti. The zero-order valence-corrected chi connectivity index (χ0v) is 9.45. The Morgan fingerprint density at radius 1 is 0.714 bits per heavy atom.